The van der Waals surface area contributed by atoms with Crippen LogP contribution in [0.5, 0.6) is 0 Å². The first-order chi connectivity index (χ1) is 43.2. The fourth-order valence-corrected chi connectivity index (χ4v) is 10.7. The van der Waals surface area contributed by atoms with Gasteiger partial charge in [-0.2, -0.15) is 26.3 Å². The summed E-state index contributed by atoms with van der Waals surface area (Å²) in [6, 6.07) is 23.4. The van der Waals surface area contributed by atoms with Gasteiger partial charge in [0.15, 0.2) is 0 Å². The number of carbonyl (C=O) groups excluding carboxylic acids is 5. The molecule has 484 valence electrons. The molecular weight excluding hydrogens is 1250 g/mol. The van der Waals surface area contributed by atoms with Crippen LogP contribution in [0, 0.1) is 0 Å². The van der Waals surface area contributed by atoms with Crippen LogP contribution in [-0.4, -0.2) is 104 Å². The third-order valence-electron chi connectivity index (χ3n) is 13.9. The van der Waals surface area contributed by atoms with Crippen LogP contribution in [0.15, 0.2) is 122 Å². The maximum absolute atomic E-state index is 14.8. The summed E-state index contributed by atoms with van der Waals surface area (Å²) in [7, 11) is 0. The molecule has 0 saturated heterocycles. The van der Waals surface area contributed by atoms with E-state index >= 15 is 0 Å². The molecule has 2 heterocycles. The number of aldehydes is 1. The van der Waals surface area contributed by atoms with Gasteiger partial charge in [-0.3, -0.25) is 24.5 Å². The van der Waals surface area contributed by atoms with E-state index in [2.05, 4.69) is 46.5 Å². The number of aromatic nitrogens is 4. The van der Waals surface area contributed by atoms with Gasteiger partial charge in [-0.25, -0.2) is 42.3 Å². The SMILES string of the molecule is CC(C)(C)OC(=O)Nc1ccc(C(=O)NC2CC(Nc3ncc(Cl)c(C4=CCc5ccccc54)n3)CC(F)(F)C2)cc1.O=C(NC1CC(Nc2ncc(Cl)c(C3=CCc4ccccc43)n2)CC(F)(F)C1)c1ccc(NC(=O)C(F)(F)F)cc1.O=CC(F)(F)F.[2H]CC. The number of hydrogen-bond acceptors (Lipinski definition) is 12. The molecule has 2 aromatic heterocycles. The number of halogens is 12. The van der Waals surface area contributed by atoms with Crippen molar-refractivity contribution in [2.45, 2.75) is 140 Å². The van der Waals surface area contributed by atoms with E-state index in [0.29, 0.717) is 34.0 Å². The standard InChI is InChI=1S/C31H32ClF2N5O3.C28H23ClF5N5O2.C2HF3O.C2H6/c1-30(2,3)42-29(41)38-20-11-8-19(9-12-20)27(40)36-21-14-22(16-31(33,34)15-21)37-28-35-17-25(32)26(39-28)24-13-10-18-6-4-5-7-23(18)24;29-22-14-35-26(39-23(22)21-10-7-15-3-1-2-4-20(15)21)38-19-11-18(12-27(30,31)13-19)36-24(40)16-5-8-17(9-6-16)37-25(41)28(32,33)34;3-2(4,5)1-6;1-2/h4-9,11-13,17,21-22H,10,14-16H2,1-3H3,(H,36,40)(H,38,41)(H,35,37,39);1-6,8-10,14,18-19H,7,11-13H2,(H,36,40)(H,37,41)(H,35,38,39);1H;1-2H3/i;;;1D. The van der Waals surface area contributed by atoms with Crippen LogP contribution in [0.3, 0.4) is 0 Å². The largest absolute Gasteiger partial charge is 0.471 e. The van der Waals surface area contributed by atoms with Gasteiger partial charge < -0.3 is 31.3 Å². The smallest absolute Gasteiger partial charge is 0.444 e. The third-order valence-corrected chi connectivity index (χ3v) is 14.5. The summed E-state index contributed by atoms with van der Waals surface area (Å²) in [4.78, 5) is 74.9. The number of hydrogen-bond donors (Lipinski definition) is 6. The summed E-state index contributed by atoms with van der Waals surface area (Å²) >= 11 is 12.8. The Bertz CT molecular complexity index is 3690. The Labute approximate surface area is 527 Å². The lowest BCUT2D eigenvalue weighted by molar-refractivity contribution is -0.167. The summed E-state index contributed by atoms with van der Waals surface area (Å²) in [5.41, 5.74) is 6.97. The van der Waals surface area contributed by atoms with Crippen LogP contribution in [0.4, 0.5) is 72.0 Å². The van der Waals surface area contributed by atoms with E-state index in [9.17, 15) is 63.1 Å². The molecule has 0 aliphatic heterocycles. The molecule has 0 spiro atoms. The minimum Gasteiger partial charge on any atom is -0.444 e. The summed E-state index contributed by atoms with van der Waals surface area (Å²) in [6.45, 7) is 7.55. The number of carbonyl (C=O) groups is 5. The molecule has 91 heavy (non-hydrogen) atoms. The van der Waals surface area contributed by atoms with Crippen LogP contribution < -0.4 is 31.9 Å². The molecular formula is C63H62Cl2F10N10O6. The number of alkyl halides is 10. The Hall–Kier alpha value is -8.65. The van der Waals surface area contributed by atoms with Gasteiger partial charge in [0.1, 0.15) is 5.60 Å². The zero-order valence-electron chi connectivity index (χ0n) is 50.1. The van der Waals surface area contributed by atoms with Crippen molar-refractivity contribution in [3.8, 4) is 0 Å². The minimum absolute atomic E-state index is 0.0317. The fraction of sp³-hybridized carbons (Fsp3) is 0.349. The molecule has 2 fully saturated rings. The van der Waals surface area contributed by atoms with Gasteiger partial charge in [-0.05, 0) is 117 Å². The Morgan fingerprint density at radius 1 is 0.604 bits per heavy atom. The highest BCUT2D eigenvalue weighted by molar-refractivity contribution is 6.32. The Kier molecular flexibility index (Phi) is 22.2. The highest BCUT2D eigenvalue weighted by atomic mass is 35.5. The zero-order valence-corrected chi connectivity index (χ0v) is 50.6. The molecule has 6 N–H and O–H groups in total. The average Bonchev–Trinajstić information content (AvgIpc) is 1.61. The van der Waals surface area contributed by atoms with Gasteiger partial charge in [-0.1, -0.05) is 97.7 Å². The lowest BCUT2D eigenvalue weighted by Crippen LogP contribution is -2.48. The second-order valence-electron chi connectivity index (χ2n) is 22.2. The molecule has 10 rings (SSSR count). The van der Waals surface area contributed by atoms with Crippen molar-refractivity contribution < 1.29 is 74.0 Å². The number of amides is 4. The number of rotatable bonds is 12. The highest BCUT2D eigenvalue weighted by Gasteiger charge is 2.44. The molecule has 4 amide bonds. The van der Waals surface area contributed by atoms with E-state index in [1.54, 1.807) is 45.1 Å². The molecule has 4 aliphatic carbocycles. The van der Waals surface area contributed by atoms with Crippen molar-refractivity contribution in [3.63, 3.8) is 0 Å². The first kappa shape index (κ1) is 68.3. The van der Waals surface area contributed by atoms with Crippen LogP contribution in [0.2, 0.25) is 10.0 Å². The molecule has 0 bridgehead atoms. The Balaban J connectivity index is 0.000000231. The van der Waals surface area contributed by atoms with Crippen LogP contribution in [0.1, 0.15) is 129 Å². The van der Waals surface area contributed by atoms with E-state index in [-0.39, 0.29) is 41.6 Å². The number of anilines is 4. The average molecular weight is 1320 g/mol. The zero-order chi connectivity index (χ0) is 67.3. The van der Waals surface area contributed by atoms with Gasteiger partial charge in [0.2, 0.25) is 18.2 Å². The van der Waals surface area contributed by atoms with Gasteiger partial charge in [0, 0.05) is 84.9 Å². The van der Waals surface area contributed by atoms with Crippen LogP contribution in [0.25, 0.3) is 11.1 Å². The number of nitrogens with one attached hydrogen (secondary N) is 6. The van der Waals surface area contributed by atoms with Gasteiger partial charge in [-0.15, -0.1) is 0 Å². The van der Waals surface area contributed by atoms with Crippen molar-refractivity contribution in [3.05, 3.63) is 176 Å². The second-order valence-corrected chi connectivity index (χ2v) is 23.0. The fourth-order valence-electron chi connectivity index (χ4n) is 10.3. The van der Waals surface area contributed by atoms with Crippen LogP contribution >= 0.6 is 23.2 Å². The number of allylic oxidation sites excluding steroid dienone is 2. The van der Waals surface area contributed by atoms with Crippen molar-refractivity contribution in [1.82, 2.24) is 30.6 Å². The molecule has 28 heteroatoms. The molecule has 6 aromatic rings. The molecule has 4 aromatic carbocycles. The van der Waals surface area contributed by atoms with Crippen molar-refractivity contribution >= 4 is 87.7 Å². The molecule has 0 radical (unpaired) electrons. The van der Waals surface area contributed by atoms with Crippen molar-refractivity contribution in [2.75, 3.05) is 21.3 Å². The summed E-state index contributed by atoms with van der Waals surface area (Å²) in [5.74, 6) is -9.10. The molecule has 4 aliphatic rings. The van der Waals surface area contributed by atoms with Gasteiger partial charge >= 0.3 is 24.4 Å². The quantitative estimate of drug-likeness (QED) is 0.0498. The third kappa shape index (κ3) is 20.2. The topological polar surface area (TPSA) is 218 Å². The predicted molar refractivity (Wildman–Crippen MR) is 324 cm³/mol. The molecule has 2 saturated carbocycles. The number of nitrogens with zero attached hydrogens (tertiary/aromatic N) is 4. The van der Waals surface area contributed by atoms with Gasteiger partial charge in [0.25, 0.3) is 23.7 Å². The molecule has 4 unspecified atom stereocenters. The normalized spacial score (nSPS) is 18.7. The number of ether oxygens (including phenoxy) is 1. The van der Waals surface area contributed by atoms with Gasteiger partial charge in [0.05, 0.1) is 33.8 Å². The van der Waals surface area contributed by atoms with E-state index in [4.69, 9.17) is 34.1 Å². The minimum atomic E-state index is -5.06. The molecule has 16 nitrogen and oxygen atoms in total. The summed E-state index contributed by atoms with van der Waals surface area (Å²) in [6.07, 6.45) is -4.57. The Morgan fingerprint density at radius 3 is 1.35 bits per heavy atom. The van der Waals surface area contributed by atoms with E-state index in [0.717, 1.165) is 58.4 Å². The van der Waals surface area contributed by atoms with E-state index < -0.39 is 110 Å². The maximum atomic E-state index is 14.8. The monoisotopic (exact) mass is 1320 g/mol. The lowest BCUT2D eigenvalue weighted by atomic mass is 9.87. The van der Waals surface area contributed by atoms with Crippen molar-refractivity contribution in [1.29, 1.82) is 0 Å². The molecule has 4 atom stereocenters. The lowest BCUT2D eigenvalue weighted by Gasteiger charge is -2.35. The highest BCUT2D eigenvalue weighted by Crippen LogP contribution is 2.40. The first-order valence-corrected chi connectivity index (χ1v) is 28.9. The van der Waals surface area contributed by atoms with E-state index in [1.165, 1.54) is 36.7 Å². The van der Waals surface area contributed by atoms with Crippen molar-refractivity contribution in [2.24, 2.45) is 0 Å². The Morgan fingerprint density at radius 2 is 0.978 bits per heavy atom. The van der Waals surface area contributed by atoms with Crippen LogP contribution in [-0.2, 0) is 27.2 Å². The number of benzene rings is 4. The second kappa shape index (κ2) is 29.5. The summed E-state index contributed by atoms with van der Waals surface area (Å²) in [5, 5.41) is 16.3. The summed E-state index contributed by atoms with van der Waals surface area (Å²) < 4.78 is 139. The maximum Gasteiger partial charge on any atom is 0.471 e. The number of fused-ring (bicyclic) bond motifs is 2. The first-order valence-electron chi connectivity index (χ1n) is 28.8. The predicted octanol–water partition coefficient (Wildman–Crippen LogP) is 14.7. The van der Waals surface area contributed by atoms with E-state index in [1.807, 2.05) is 60.7 Å².